The first kappa shape index (κ1) is 13.7. The van der Waals surface area contributed by atoms with Gasteiger partial charge < -0.3 is 19.9 Å². The quantitative estimate of drug-likeness (QED) is 0.442. The van der Waals surface area contributed by atoms with Crippen LogP contribution in [0.4, 0.5) is 0 Å². The van der Waals surface area contributed by atoms with Crippen LogP contribution in [-0.4, -0.2) is 49.2 Å². The number of carbonyl (C=O) groups is 1. The van der Waals surface area contributed by atoms with Gasteiger partial charge in [0.1, 0.15) is 22.9 Å². The third-order valence-electron chi connectivity index (χ3n) is 2.55. The van der Waals surface area contributed by atoms with E-state index in [0.29, 0.717) is 6.42 Å². The first-order valence-corrected chi connectivity index (χ1v) is 5.25. The molecule has 17 heavy (non-hydrogen) atoms. The second-order valence-electron chi connectivity index (χ2n) is 3.80. The zero-order valence-corrected chi connectivity index (χ0v) is 9.79. The Morgan fingerprint density at radius 3 is 3.00 bits per heavy atom. The number of amides is 1. The molecule has 0 saturated carbocycles. The van der Waals surface area contributed by atoms with Crippen molar-refractivity contribution in [2.75, 3.05) is 13.7 Å². The Hall–Kier alpha value is -1.34. The van der Waals surface area contributed by atoms with Gasteiger partial charge in [-0.25, -0.2) is 0 Å². The van der Waals surface area contributed by atoms with Crippen LogP contribution in [0, 0.1) is 5.53 Å². The first-order chi connectivity index (χ1) is 8.08. The number of rotatable bonds is 4. The standard InChI is InChI=1S/C9H16N4O4/c1-5(14)12-6-3-8(16-2)17-7(9(6)15)4-11-13-10/h6-10,15H,3-4H2,1-2H3/p+1. The summed E-state index contributed by atoms with van der Waals surface area (Å²) >= 11 is 0. The molecule has 0 radical (unpaired) electrons. The molecular weight excluding hydrogens is 228 g/mol. The molecule has 0 bridgehead atoms. The second kappa shape index (κ2) is 6.41. The Balaban J connectivity index is 2.69. The van der Waals surface area contributed by atoms with Gasteiger partial charge in [0.25, 0.3) is 0 Å². The van der Waals surface area contributed by atoms with E-state index in [1.54, 1.807) is 0 Å². The van der Waals surface area contributed by atoms with Gasteiger partial charge >= 0.3 is 0 Å². The maximum absolute atomic E-state index is 11.0. The van der Waals surface area contributed by atoms with Gasteiger partial charge in [-0.05, 0) is 0 Å². The Kier molecular flexibility index (Phi) is 5.17. The minimum atomic E-state index is -0.893. The first-order valence-electron chi connectivity index (χ1n) is 5.25. The molecule has 1 aliphatic heterocycles. The molecule has 1 fully saturated rings. The van der Waals surface area contributed by atoms with Crippen LogP contribution in [0.25, 0.3) is 0 Å². The van der Waals surface area contributed by atoms with Crippen LogP contribution < -0.4 is 10.2 Å². The highest BCUT2D eigenvalue weighted by Crippen LogP contribution is 2.21. The molecule has 0 spiro atoms. The minimum absolute atomic E-state index is 0.0562. The average Bonchev–Trinajstić information content (AvgIpc) is 2.29. The smallest absolute Gasteiger partial charge is 0.217 e. The number of carbonyl (C=O) groups excluding carboxylic acids is 1. The summed E-state index contributed by atoms with van der Waals surface area (Å²) in [6.07, 6.45) is -1.68. The second-order valence-corrected chi connectivity index (χ2v) is 3.80. The molecule has 1 heterocycles. The fraction of sp³-hybridized carbons (Fsp3) is 0.889. The molecule has 1 rings (SSSR count). The van der Waals surface area contributed by atoms with Gasteiger partial charge in [-0.1, -0.05) is 0 Å². The van der Waals surface area contributed by atoms with Gasteiger partial charge in [0, 0.05) is 20.5 Å². The third kappa shape index (κ3) is 3.86. The van der Waals surface area contributed by atoms with Crippen LogP contribution in [0.3, 0.4) is 0 Å². The van der Waals surface area contributed by atoms with E-state index >= 15 is 0 Å². The zero-order chi connectivity index (χ0) is 12.8. The topological polar surface area (TPSA) is 118 Å². The van der Waals surface area contributed by atoms with Crippen LogP contribution >= 0.6 is 0 Å². The molecule has 3 N–H and O–H groups in total. The molecule has 4 unspecified atom stereocenters. The van der Waals surface area contributed by atoms with Gasteiger partial charge in [0.05, 0.1) is 6.04 Å². The lowest BCUT2D eigenvalue weighted by molar-refractivity contribution is -0.217. The van der Waals surface area contributed by atoms with E-state index in [0.717, 1.165) is 0 Å². The minimum Gasteiger partial charge on any atom is -0.388 e. The highest BCUT2D eigenvalue weighted by molar-refractivity contribution is 5.73. The third-order valence-corrected chi connectivity index (χ3v) is 2.55. The van der Waals surface area contributed by atoms with Gasteiger partial charge in [-0.15, -0.1) is 0 Å². The molecule has 8 heteroatoms. The molecule has 1 aliphatic rings. The Morgan fingerprint density at radius 2 is 2.47 bits per heavy atom. The number of aliphatic hydroxyl groups is 1. The largest absolute Gasteiger partial charge is 0.388 e. The Morgan fingerprint density at radius 1 is 1.76 bits per heavy atom. The predicted octanol–water partition coefficient (Wildman–Crippen LogP) is -0.836. The van der Waals surface area contributed by atoms with E-state index in [1.807, 2.05) is 0 Å². The predicted molar refractivity (Wildman–Crippen MR) is 56.0 cm³/mol. The Bertz CT molecular complexity index is 304. The molecular formula is C9H17N4O4+. The van der Waals surface area contributed by atoms with Gasteiger partial charge in [-0.3, -0.25) is 4.79 Å². The lowest BCUT2D eigenvalue weighted by Gasteiger charge is -2.37. The van der Waals surface area contributed by atoms with Gasteiger partial charge in [0.15, 0.2) is 12.8 Å². The number of methoxy groups -OCH3 is 1. The lowest BCUT2D eigenvalue weighted by atomic mass is 9.98. The maximum atomic E-state index is 11.0. The summed E-state index contributed by atoms with van der Waals surface area (Å²) in [7, 11) is 1.48. The summed E-state index contributed by atoms with van der Waals surface area (Å²) in [6, 6.07) is -0.447. The molecule has 0 aliphatic carbocycles. The van der Waals surface area contributed by atoms with Crippen molar-refractivity contribution in [3.05, 3.63) is 0 Å². The molecule has 96 valence electrons. The SMILES string of the molecule is COC1CC(NC(C)=O)C(O)C(CN=[N+]=N)O1. The van der Waals surface area contributed by atoms with E-state index < -0.39 is 24.5 Å². The number of hydrogen-bond acceptors (Lipinski definition) is 6. The van der Waals surface area contributed by atoms with Crippen LogP contribution in [0.1, 0.15) is 13.3 Å². The lowest BCUT2D eigenvalue weighted by Crippen LogP contribution is -2.56. The molecule has 0 aromatic carbocycles. The summed E-state index contributed by atoms with van der Waals surface area (Å²) in [5.74, 6) is -0.230. The summed E-state index contributed by atoms with van der Waals surface area (Å²) in [5, 5.41) is 16.1. The number of ether oxygens (including phenoxy) is 2. The van der Waals surface area contributed by atoms with E-state index in [2.05, 4.69) is 15.3 Å². The molecule has 0 aromatic heterocycles. The number of nitrogens with zero attached hydrogens (tertiary/aromatic N) is 2. The highest BCUT2D eigenvalue weighted by atomic mass is 16.7. The Labute approximate surface area is 98.5 Å². The van der Waals surface area contributed by atoms with Crippen molar-refractivity contribution in [1.82, 2.24) is 10.2 Å². The summed E-state index contributed by atoms with van der Waals surface area (Å²) in [6.45, 7) is 1.43. The van der Waals surface area contributed by atoms with E-state index in [1.165, 1.54) is 14.0 Å². The van der Waals surface area contributed by atoms with Crippen LogP contribution in [0.15, 0.2) is 5.11 Å². The van der Waals surface area contributed by atoms with E-state index in [9.17, 15) is 9.90 Å². The molecule has 1 saturated heterocycles. The van der Waals surface area contributed by atoms with E-state index in [4.69, 9.17) is 15.0 Å². The van der Waals surface area contributed by atoms with Crippen LogP contribution in [-0.2, 0) is 14.3 Å². The molecule has 4 atom stereocenters. The summed E-state index contributed by atoms with van der Waals surface area (Å²) in [4.78, 5) is 13.9. The van der Waals surface area contributed by atoms with Crippen molar-refractivity contribution in [1.29, 1.82) is 5.53 Å². The van der Waals surface area contributed by atoms with Crippen molar-refractivity contribution in [3.8, 4) is 0 Å². The summed E-state index contributed by atoms with van der Waals surface area (Å²) in [5.41, 5.74) is 6.57. The van der Waals surface area contributed by atoms with Gasteiger partial charge in [0.2, 0.25) is 10.8 Å². The number of aliphatic hydroxyl groups excluding tert-OH is 1. The van der Waals surface area contributed by atoms with Gasteiger partial charge in [-0.2, -0.15) is 0 Å². The fourth-order valence-electron chi connectivity index (χ4n) is 1.77. The molecule has 0 aromatic rings. The zero-order valence-electron chi connectivity index (χ0n) is 9.79. The van der Waals surface area contributed by atoms with E-state index in [-0.39, 0.29) is 12.5 Å². The molecule has 1 amide bonds. The fourth-order valence-corrected chi connectivity index (χ4v) is 1.77. The average molecular weight is 245 g/mol. The highest BCUT2D eigenvalue weighted by Gasteiger charge is 2.39. The molecule has 8 nitrogen and oxygen atoms in total. The number of hydrogen-bond donors (Lipinski definition) is 3. The van der Waals surface area contributed by atoms with Crippen molar-refractivity contribution < 1.29 is 19.4 Å². The van der Waals surface area contributed by atoms with Crippen molar-refractivity contribution >= 4 is 5.91 Å². The van der Waals surface area contributed by atoms with Crippen LogP contribution in [0.5, 0.6) is 0 Å². The van der Waals surface area contributed by atoms with Crippen molar-refractivity contribution in [2.45, 2.75) is 37.9 Å². The van der Waals surface area contributed by atoms with Crippen molar-refractivity contribution in [2.24, 2.45) is 5.11 Å². The van der Waals surface area contributed by atoms with Crippen molar-refractivity contribution in [3.63, 3.8) is 0 Å². The monoisotopic (exact) mass is 245 g/mol. The normalized spacial score (nSPS) is 32.6. The summed E-state index contributed by atoms with van der Waals surface area (Å²) < 4.78 is 10.5. The maximum Gasteiger partial charge on any atom is 0.217 e. The van der Waals surface area contributed by atoms with Crippen LogP contribution in [0.2, 0.25) is 0 Å². The number of nitrogens with one attached hydrogen (secondary N) is 2.